The quantitative estimate of drug-likeness (QED) is 0.113. The molecule has 0 spiro atoms. The van der Waals surface area contributed by atoms with E-state index in [0.717, 1.165) is 134 Å². The number of hydrogen-bond acceptors (Lipinski definition) is 1. The van der Waals surface area contributed by atoms with Crippen LogP contribution in [0.4, 0.5) is 0 Å². The van der Waals surface area contributed by atoms with E-state index >= 15 is 0 Å². The highest BCUT2D eigenvalue weighted by Crippen LogP contribution is 2.49. The topological polar surface area (TPSA) is 42.7 Å². The van der Waals surface area contributed by atoms with E-state index in [0.29, 0.717) is 0 Å². The Kier molecular flexibility index (Phi) is 16.4. The lowest BCUT2D eigenvalue weighted by atomic mass is 9.97. The Morgan fingerprint density at radius 1 is 0.135 bits per heavy atom. The van der Waals surface area contributed by atoms with Crippen LogP contribution >= 0.6 is 0 Å². The lowest BCUT2D eigenvalue weighted by Gasteiger charge is -2.14. The summed E-state index contributed by atoms with van der Waals surface area (Å²) < 4.78 is 21.6. The first kappa shape index (κ1) is 74.3. The molecule has 21 aromatic carbocycles. The first-order valence-electron chi connectivity index (χ1n) is 45.7. The molecule has 0 saturated carbocycles. The summed E-state index contributed by atoms with van der Waals surface area (Å²) in [5.41, 5.74) is 38.5. The van der Waals surface area contributed by atoms with Crippen molar-refractivity contribution in [1.29, 1.82) is 0 Å². The highest BCUT2D eigenvalue weighted by molar-refractivity contribution is 6.27. The van der Waals surface area contributed by atoms with Gasteiger partial charge in [-0.05, 0) is 230 Å². The highest BCUT2D eigenvalue weighted by atomic mass is 16.3. The molecule has 133 heavy (non-hydrogen) atoms. The summed E-state index contributed by atoms with van der Waals surface area (Å²) in [5, 5.41) is 16.8. The molecule has 7 aromatic heterocycles. The third-order valence-electron chi connectivity index (χ3n) is 28.2. The second kappa shape index (κ2) is 29.4. The largest absolute Gasteiger partial charge is 0.456 e. The van der Waals surface area contributed by atoms with E-state index in [-0.39, 0.29) is 0 Å². The molecule has 0 N–H and O–H groups in total. The van der Waals surface area contributed by atoms with E-state index in [1.165, 1.54) is 131 Å². The van der Waals surface area contributed by atoms with Crippen molar-refractivity contribution in [3.63, 3.8) is 0 Å². The van der Waals surface area contributed by atoms with E-state index < -0.39 is 0 Å². The smallest absolute Gasteiger partial charge is 0.136 e. The number of rotatable bonds is 13. The molecule has 28 rings (SSSR count). The molecule has 0 fully saturated rings. The maximum Gasteiger partial charge on any atom is 0.136 e. The molecule has 0 aliphatic carbocycles. The number of fused-ring (bicyclic) bond motifs is 22. The Bertz CT molecular complexity index is 9640. The molecule has 0 bridgehead atoms. The van der Waals surface area contributed by atoms with Gasteiger partial charge in [0.05, 0.1) is 71.9 Å². The number of para-hydroxylation sites is 7. The van der Waals surface area contributed by atoms with E-state index in [9.17, 15) is 0 Å². The second-order valence-corrected chi connectivity index (χ2v) is 35.4. The summed E-state index contributed by atoms with van der Waals surface area (Å²) in [6.07, 6.45) is 0. The van der Waals surface area contributed by atoms with Crippen LogP contribution in [0, 0.1) is 0 Å². The fourth-order valence-corrected chi connectivity index (χ4v) is 22.2. The molecule has 7 heteroatoms. The van der Waals surface area contributed by atoms with Gasteiger partial charge in [0.15, 0.2) is 0 Å². The molecule has 618 valence electrons. The van der Waals surface area contributed by atoms with Crippen molar-refractivity contribution in [1.82, 2.24) is 27.4 Å². The molecule has 0 aliphatic rings. The number of nitrogens with zero attached hydrogens (tertiary/aromatic N) is 6. The van der Waals surface area contributed by atoms with E-state index in [4.69, 9.17) is 4.42 Å². The van der Waals surface area contributed by atoms with Gasteiger partial charge in [-0.1, -0.05) is 315 Å². The number of hydrogen-bond donors (Lipinski definition) is 0. The predicted molar refractivity (Wildman–Crippen MR) is 558 cm³/mol. The van der Waals surface area contributed by atoms with Crippen molar-refractivity contribution >= 4 is 153 Å². The van der Waals surface area contributed by atoms with Gasteiger partial charge < -0.3 is 31.8 Å². The first-order chi connectivity index (χ1) is 66.0. The molecule has 0 radical (unpaired) electrons. The Balaban J connectivity index is 0.506. The molecule has 7 nitrogen and oxygen atoms in total. The zero-order valence-electron chi connectivity index (χ0n) is 72.1. The van der Waals surface area contributed by atoms with Gasteiger partial charge in [-0.2, -0.15) is 0 Å². The monoisotopic (exact) mass is 1690 g/mol. The average molecular weight is 1690 g/mol. The van der Waals surface area contributed by atoms with Gasteiger partial charge >= 0.3 is 0 Å². The summed E-state index contributed by atoms with van der Waals surface area (Å²) in [6, 6.07) is 175. The summed E-state index contributed by atoms with van der Waals surface area (Å²) in [7, 11) is 0. The van der Waals surface area contributed by atoms with Crippen molar-refractivity contribution in [2.24, 2.45) is 0 Å². The second-order valence-electron chi connectivity index (χ2n) is 35.4. The van der Waals surface area contributed by atoms with Crippen LogP contribution in [0.3, 0.4) is 0 Å². The standard InChI is InChI=1S/C126H78N6O/c1-4-24-79(25-5-1)82-54-62-92(63-55-82)128-111-40-17-12-34-99(111)106-75-107-100-35-13-18-41-112(100)129(119(107)77-118(106)128)93-64-56-83(57-65-93)80-46-50-85(51-47-80)88-61-70-116-105(73-88)109-76-108-101-36-14-20-43-114(101)132(110-39-16-10-32-96(110)87-26-6-2-7-27-87)121(108)78-120(109)130(116)94-66-58-84(59-67-94)81-48-52-86(53-49-81)89-60-68-104-123(74-89)133-122-45-23-38-97(124(104)122)90-28-22-31-95(72-90)131-113-42-19-11-33-98(113)102-69-71-117-125(126(102)131)103-37-15-21-44-115(103)127(117)91-29-8-3-9-30-91/h1-78H. The van der Waals surface area contributed by atoms with Gasteiger partial charge in [0.25, 0.3) is 0 Å². The van der Waals surface area contributed by atoms with Crippen LogP contribution in [0.2, 0.25) is 0 Å². The Morgan fingerprint density at radius 3 is 1.03 bits per heavy atom. The van der Waals surface area contributed by atoms with Crippen LogP contribution in [-0.4, -0.2) is 27.4 Å². The summed E-state index contributed by atoms with van der Waals surface area (Å²) in [4.78, 5) is 0. The Morgan fingerprint density at radius 2 is 0.474 bits per heavy atom. The van der Waals surface area contributed by atoms with E-state index in [1.807, 2.05) is 0 Å². The fourth-order valence-electron chi connectivity index (χ4n) is 22.2. The maximum atomic E-state index is 6.88. The minimum Gasteiger partial charge on any atom is -0.456 e. The summed E-state index contributed by atoms with van der Waals surface area (Å²) in [5.74, 6) is 0. The SMILES string of the molecule is c1ccc(-c2ccc(-n3c4ccccc4c4cc5c6ccccc6n(-c6ccc(-c7ccc(-c8ccc9c(c8)c8cc%10c%11ccccc%11n(-c%11ccccc%11-c%11ccccc%11)c%10cc8n9-c8ccc(-c9ccc(-c%10ccc%11c(c%10)oc%10cccc(-c%12cccc(-n%13c%14ccccc%14c%14ccc%15c(c%16ccccc%16n%15-c%15ccccc%15)c%14%13)c%12)c%10%11)cc9)cc8)cc7)cc6)c5cc43)cc2)cc1. The Labute approximate surface area is 764 Å². The van der Waals surface area contributed by atoms with Gasteiger partial charge in [0.2, 0.25) is 0 Å². The van der Waals surface area contributed by atoms with Crippen molar-refractivity contribution in [2.45, 2.75) is 0 Å². The fraction of sp³-hybridized carbons (Fsp3) is 0. The van der Waals surface area contributed by atoms with Crippen LogP contribution in [0.5, 0.6) is 0 Å². The Hall–Kier alpha value is -17.8. The van der Waals surface area contributed by atoms with Crippen LogP contribution in [0.1, 0.15) is 0 Å². The van der Waals surface area contributed by atoms with Gasteiger partial charge in [-0.3, -0.25) is 0 Å². The third kappa shape index (κ3) is 11.5. The lowest BCUT2D eigenvalue weighted by molar-refractivity contribution is 0.669. The molecule has 0 amide bonds. The molecule has 7 heterocycles. The highest BCUT2D eigenvalue weighted by Gasteiger charge is 2.27. The average Bonchev–Trinajstić information content (AvgIpc) is 1.56. The zero-order chi connectivity index (χ0) is 87.0. The molecule has 0 aliphatic heterocycles. The van der Waals surface area contributed by atoms with E-state index in [1.54, 1.807) is 0 Å². The van der Waals surface area contributed by atoms with Gasteiger partial charge in [-0.25, -0.2) is 0 Å². The van der Waals surface area contributed by atoms with Gasteiger partial charge in [-0.15, -0.1) is 0 Å². The first-order valence-corrected chi connectivity index (χ1v) is 45.7. The molecule has 28 aromatic rings. The van der Waals surface area contributed by atoms with Gasteiger partial charge in [0.1, 0.15) is 11.2 Å². The molecular weight excluding hydrogens is 1610 g/mol. The van der Waals surface area contributed by atoms with Crippen LogP contribution in [-0.2, 0) is 0 Å². The van der Waals surface area contributed by atoms with E-state index in [2.05, 4.69) is 501 Å². The van der Waals surface area contributed by atoms with Crippen molar-refractivity contribution in [3.8, 4) is 112 Å². The van der Waals surface area contributed by atoms with Crippen LogP contribution in [0.25, 0.3) is 265 Å². The zero-order valence-corrected chi connectivity index (χ0v) is 72.1. The molecule has 0 saturated heterocycles. The van der Waals surface area contributed by atoms with Crippen molar-refractivity contribution < 1.29 is 4.42 Å². The van der Waals surface area contributed by atoms with Crippen molar-refractivity contribution in [2.75, 3.05) is 0 Å². The number of benzene rings is 21. The van der Waals surface area contributed by atoms with Crippen LogP contribution in [0.15, 0.2) is 478 Å². The third-order valence-corrected chi connectivity index (χ3v) is 28.2. The predicted octanol–water partition coefficient (Wildman–Crippen LogP) is 33.8. The maximum absolute atomic E-state index is 6.88. The molecule has 0 atom stereocenters. The normalized spacial score (nSPS) is 12.1. The minimum absolute atomic E-state index is 0.853. The lowest BCUT2D eigenvalue weighted by Crippen LogP contribution is -1.98. The van der Waals surface area contributed by atoms with Gasteiger partial charge in [0, 0.05) is 109 Å². The minimum atomic E-state index is 0.853. The summed E-state index contributed by atoms with van der Waals surface area (Å²) in [6.45, 7) is 0. The van der Waals surface area contributed by atoms with Crippen LogP contribution < -0.4 is 0 Å². The number of furan rings is 1. The van der Waals surface area contributed by atoms with Crippen molar-refractivity contribution in [3.05, 3.63) is 473 Å². The summed E-state index contributed by atoms with van der Waals surface area (Å²) >= 11 is 0. The molecular formula is C126H78N6O. The molecule has 0 unspecified atom stereocenters. The number of aromatic nitrogens is 6.